The Hall–Kier alpha value is 0.650. The summed E-state index contributed by atoms with van der Waals surface area (Å²) in [5.74, 6) is 0.969. The smallest absolute Gasteiger partial charge is 0.0249 e. The van der Waals surface area contributed by atoms with Crippen LogP contribution in [0.2, 0.25) is 0 Å². The van der Waals surface area contributed by atoms with Crippen molar-refractivity contribution < 1.29 is 0 Å². The number of nitrogens with zero attached hydrogens (tertiary/aromatic N) is 2. The van der Waals surface area contributed by atoms with Crippen LogP contribution < -0.4 is 0 Å². The van der Waals surface area contributed by atoms with Crippen molar-refractivity contribution >= 4 is 22.6 Å². The van der Waals surface area contributed by atoms with Gasteiger partial charge in [-0.05, 0) is 58.7 Å². The van der Waals surface area contributed by atoms with E-state index in [2.05, 4.69) is 46.2 Å². The zero-order chi connectivity index (χ0) is 11.5. The fraction of sp³-hybridized carbons (Fsp3) is 1.00. The van der Waals surface area contributed by atoms with Crippen molar-refractivity contribution in [2.24, 2.45) is 5.92 Å². The predicted octanol–water partition coefficient (Wildman–Crippen LogP) is 2.62. The quantitative estimate of drug-likeness (QED) is 0.577. The average Bonchev–Trinajstić information content (AvgIpc) is 2.65. The molecule has 2 heterocycles. The van der Waals surface area contributed by atoms with Gasteiger partial charge in [0.1, 0.15) is 0 Å². The number of alkyl halides is 1. The van der Waals surface area contributed by atoms with E-state index in [1.165, 1.54) is 52.0 Å². The van der Waals surface area contributed by atoms with Gasteiger partial charge in [0.15, 0.2) is 0 Å². The largest absolute Gasteiger partial charge is 0.302 e. The minimum Gasteiger partial charge on any atom is -0.302 e. The number of piperidine rings is 1. The van der Waals surface area contributed by atoms with Crippen molar-refractivity contribution in [3.8, 4) is 0 Å². The zero-order valence-electron chi connectivity index (χ0n) is 10.7. The molecule has 0 N–H and O–H groups in total. The number of hydrogen-bond acceptors (Lipinski definition) is 2. The highest BCUT2D eigenvalue weighted by atomic mass is 127. The molecule has 1 atom stereocenters. The normalized spacial score (nSPS) is 30.4. The summed E-state index contributed by atoms with van der Waals surface area (Å²) < 4.78 is 0.911. The first-order valence-electron chi connectivity index (χ1n) is 6.75. The first kappa shape index (κ1) is 13.1. The van der Waals surface area contributed by atoms with E-state index in [4.69, 9.17) is 0 Å². The van der Waals surface area contributed by atoms with Crippen molar-refractivity contribution in [2.45, 2.75) is 43.1 Å². The molecule has 16 heavy (non-hydrogen) atoms. The maximum absolute atomic E-state index is 2.69. The highest BCUT2D eigenvalue weighted by Gasteiger charge is 2.26. The van der Waals surface area contributed by atoms with Crippen LogP contribution in [0, 0.1) is 5.92 Å². The van der Waals surface area contributed by atoms with Crippen LogP contribution in [0.25, 0.3) is 0 Å². The molecule has 0 unspecified atom stereocenters. The third-order valence-electron chi connectivity index (χ3n) is 4.11. The van der Waals surface area contributed by atoms with Gasteiger partial charge < -0.3 is 9.80 Å². The molecule has 0 aromatic rings. The molecule has 2 fully saturated rings. The molecule has 2 rings (SSSR count). The Morgan fingerprint density at radius 3 is 2.31 bits per heavy atom. The molecule has 2 nitrogen and oxygen atoms in total. The average molecular weight is 336 g/mol. The number of hydrogen-bond donors (Lipinski definition) is 0. The van der Waals surface area contributed by atoms with Crippen LogP contribution in [0.15, 0.2) is 0 Å². The molecular weight excluding hydrogens is 311 g/mol. The minimum atomic E-state index is 0.742. The maximum atomic E-state index is 2.69. The van der Waals surface area contributed by atoms with Gasteiger partial charge in [-0.15, -0.1) is 0 Å². The molecule has 0 saturated carbocycles. The fourth-order valence-electron chi connectivity index (χ4n) is 2.97. The molecule has 3 heteroatoms. The summed E-state index contributed by atoms with van der Waals surface area (Å²) in [4.78, 5) is 5.31. The molecule has 0 radical (unpaired) electrons. The van der Waals surface area contributed by atoms with Crippen LogP contribution in [0.3, 0.4) is 0 Å². The fourth-order valence-corrected chi connectivity index (χ4v) is 3.80. The molecule has 0 bridgehead atoms. The lowest BCUT2D eigenvalue weighted by Crippen LogP contribution is -2.41. The monoisotopic (exact) mass is 336 g/mol. The summed E-state index contributed by atoms with van der Waals surface area (Å²) in [5, 5.41) is 0. The third-order valence-corrected chi connectivity index (χ3v) is 5.13. The molecule has 0 aromatic heterocycles. The summed E-state index contributed by atoms with van der Waals surface area (Å²) in [6.07, 6.45) is 4.24. The summed E-state index contributed by atoms with van der Waals surface area (Å²) >= 11 is 2.60. The number of halogens is 1. The van der Waals surface area contributed by atoms with E-state index >= 15 is 0 Å². The standard InChI is InChI=1S/C13H25IN2/c1-11(2)16-7-3-12(4-8-16)9-15-6-5-13(14)10-15/h11-13H,3-10H2,1-2H3/t13-/m0/s1. The van der Waals surface area contributed by atoms with Gasteiger partial charge in [-0.1, -0.05) is 22.6 Å². The molecule has 2 aliphatic heterocycles. The highest BCUT2D eigenvalue weighted by Crippen LogP contribution is 2.23. The molecule has 0 aromatic carbocycles. The Bertz CT molecular complexity index is 212. The van der Waals surface area contributed by atoms with Crippen molar-refractivity contribution in [1.29, 1.82) is 0 Å². The van der Waals surface area contributed by atoms with Gasteiger partial charge in [0.25, 0.3) is 0 Å². The molecule has 94 valence electrons. The zero-order valence-corrected chi connectivity index (χ0v) is 12.8. The summed E-state index contributed by atoms with van der Waals surface area (Å²) in [7, 11) is 0. The van der Waals surface area contributed by atoms with Crippen molar-refractivity contribution in [3.05, 3.63) is 0 Å². The van der Waals surface area contributed by atoms with Crippen molar-refractivity contribution in [1.82, 2.24) is 9.80 Å². The third kappa shape index (κ3) is 3.57. The molecule has 2 aliphatic rings. The van der Waals surface area contributed by atoms with E-state index in [-0.39, 0.29) is 0 Å². The maximum Gasteiger partial charge on any atom is 0.0249 e. The van der Waals surface area contributed by atoms with Gasteiger partial charge in [-0.2, -0.15) is 0 Å². The van der Waals surface area contributed by atoms with Crippen LogP contribution in [0.5, 0.6) is 0 Å². The number of rotatable bonds is 3. The first-order valence-corrected chi connectivity index (χ1v) is 8.00. The van der Waals surface area contributed by atoms with Crippen molar-refractivity contribution in [2.75, 3.05) is 32.7 Å². The van der Waals surface area contributed by atoms with E-state index in [1.54, 1.807) is 0 Å². The predicted molar refractivity (Wildman–Crippen MR) is 78.3 cm³/mol. The molecule has 0 amide bonds. The van der Waals surface area contributed by atoms with Gasteiger partial charge >= 0.3 is 0 Å². The van der Waals surface area contributed by atoms with Gasteiger partial charge in [0.2, 0.25) is 0 Å². The second kappa shape index (κ2) is 6.01. The van der Waals surface area contributed by atoms with Crippen LogP contribution in [0.1, 0.15) is 33.1 Å². The number of likely N-dealkylation sites (tertiary alicyclic amines) is 2. The lowest BCUT2D eigenvalue weighted by Gasteiger charge is -2.36. The van der Waals surface area contributed by atoms with Crippen LogP contribution >= 0.6 is 22.6 Å². The van der Waals surface area contributed by atoms with Crippen LogP contribution in [0.4, 0.5) is 0 Å². The second-order valence-electron chi connectivity index (χ2n) is 5.72. The SMILES string of the molecule is CC(C)N1CCC(CN2CC[C@H](I)C2)CC1. The minimum absolute atomic E-state index is 0.742. The van der Waals surface area contributed by atoms with E-state index in [0.717, 1.165) is 15.9 Å². The molecule has 2 saturated heterocycles. The van der Waals surface area contributed by atoms with E-state index in [9.17, 15) is 0 Å². The lowest BCUT2D eigenvalue weighted by atomic mass is 9.95. The molecular formula is C13H25IN2. The topological polar surface area (TPSA) is 6.48 Å². The van der Waals surface area contributed by atoms with Gasteiger partial charge in [-0.3, -0.25) is 0 Å². The molecule has 0 spiro atoms. The van der Waals surface area contributed by atoms with Gasteiger partial charge in [0.05, 0.1) is 0 Å². The van der Waals surface area contributed by atoms with Crippen molar-refractivity contribution in [3.63, 3.8) is 0 Å². The summed E-state index contributed by atoms with van der Waals surface area (Å²) in [6.45, 7) is 11.3. The Morgan fingerprint density at radius 1 is 1.12 bits per heavy atom. The van der Waals surface area contributed by atoms with Crippen LogP contribution in [-0.2, 0) is 0 Å². The highest BCUT2D eigenvalue weighted by molar-refractivity contribution is 14.1. The Kier molecular flexibility index (Phi) is 4.91. The summed E-state index contributed by atoms with van der Waals surface area (Å²) in [5.41, 5.74) is 0. The summed E-state index contributed by atoms with van der Waals surface area (Å²) in [6, 6.07) is 0.742. The first-order chi connectivity index (χ1) is 7.65. The van der Waals surface area contributed by atoms with Crippen LogP contribution in [-0.4, -0.2) is 52.5 Å². The Morgan fingerprint density at radius 2 is 1.81 bits per heavy atom. The van der Waals surface area contributed by atoms with E-state index in [1.807, 2.05) is 0 Å². The van der Waals surface area contributed by atoms with Gasteiger partial charge in [-0.25, -0.2) is 0 Å². The van der Waals surface area contributed by atoms with Gasteiger partial charge in [0, 0.05) is 23.1 Å². The van der Waals surface area contributed by atoms with E-state index in [0.29, 0.717) is 0 Å². The Labute approximate surface area is 114 Å². The lowest BCUT2D eigenvalue weighted by molar-refractivity contribution is 0.129. The second-order valence-corrected chi connectivity index (χ2v) is 7.48. The molecule has 0 aliphatic carbocycles. The Balaban J connectivity index is 1.69. The van der Waals surface area contributed by atoms with E-state index < -0.39 is 0 Å².